The quantitative estimate of drug-likeness (QED) is 0.149. The van der Waals surface area contributed by atoms with E-state index in [9.17, 15) is 19.2 Å². The first-order valence-electron chi connectivity index (χ1n) is 17.0. The minimum Gasteiger partial charge on any atom is -0.497 e. The highest BCUT2D eigenvalue weighted by atomic mass is 16.6. The van der Waals surface area contributed by atoms with Crippen molar-refractivity contribution in [3.8, 4) is 11.5 Å². The van der Waals surface area contributed by atoms with Gasteiger partial charge < -0.3 is 43.0 Å². The van der Waals surface area contributed by atoms with E-state index in [4.69, 9.17) is 23.4 Å². The summed E-state index contributed by atoms with van der Waals surface area (Å²) >= 11 is 0. The summed E-state index contributed by atoms with van der Waals surface area (Å²) in [6.07, 6.45) is -0.570. The number of anilines is 1. The molecule has 0 radical (unpaired) electrons. The Labute approximate surface area is 300 Å². The summed E-state index contributed by atoms with van der Waals surface area (Å²) in [5.74, 6) is -0.201. The average Bonchev–Trinajstić information content (AvgIpc) is 3.85. The summed E-state index contributed by atoms with van der Waals surface area (Å²) in [5.41, 5.74) is 5.03. The highest BCUT2D eigenvalue weighted by molar-refractivity contribution is 6.14. The van der Waals surface area contributed by atoms with Crippen molar-refractivity contribution in [1.82, 2.24) is 14.8 Å². The number of esters is 1. The van der Waals surface area contributed by atoms with Crippen molar-refractivity contribution in [2.45, 2.75) is 39.7 Å². The van der Waals surface area contributed by atoms with Crippen molar-refractivity contribution < 1.29 is 42.5 Å². The third-order valence-corrected chi connectivity index (χ3v) is 9.49. The van der Waals surface area contributed by atoms with Crippen LogP contribution < -0.4 is 14.4 Å². The Balaban J connectivity index is 1.27. The molecule has 0 saturated heterocycles. The zero-order chi connectivity index (χ0) is 37.3. The predicted molar refractivity (Wildman–Crippen MR) is 194 cm³/mol. The number of carbonyl (C=O) groups excluding carboxylic acids is 4. The minimum absolute atomic E-state index is 0.124. The van der Waals surface area contributed by atoms with Crippen molar-refractivity contribution in [2.24, 2.45) is 0 Å². The third kappa shape index (κ3) is 6.85. The first-order chi connectivity index (χ1) is 24.9. The van der Waals surface area contributed by atoms with Gasteiger partial charge in [-0.05, 0) is 55.7 Å². The van der Waals surface area contributed by atoms with Gasteiger partial charge in [-0.3, -0.25) is 4.79 Å². The molecule has 3 amide bonds. The van der Waals surface area contributed by atoms with Gasteiger partial charge in [0.25, 0.3) is 5.91 Å². The zero-order valence-corrected chi connectivity index (χ0v) is 30.3. The van der Waals surface area contributed by atoms with Crippen LogP contribution >= 0.6 is 0 Å². The molecular formula is C39H42N4O9. The second-order valence-corrected chi connectivity index (χ2v) is 13.0. The number of aromatic amines is 1. The van der Waals surface area contributed by atoms with Gasteiger partial charge in [0.1, 0.15) is 17.9 Å². The fourth-order valence-electron chi connectivity index (χ4n) is 6.47. The molecule has 1 aliphatic rings. The van der Waals surface area contributed by atoms with E-state index in [2.05, 4.69) is 4.98 Å². The van der Waals surface area contributed by atoms with Crippen LogP contribution in [-0.2, 0) is 16.1 Å². The summed E-state index contributed by atoms with van der Waals surface area (Å²) in [5, 5.41) is 1.24. The first-order valence-corrected chi connectivity index (χ1v) is 17.0. The van der Waals surface area contributed by atoms with Crippen molar-refractivity contribution in [1.29, 1.82) is 0 Å². The molecule has 0 bridgehead atoms. The molecule has 3 heterocycles. The molecule has 0 saturated carbocycles. The molecule has 3 aromatic carbocycles. The van der Waals surface area contributed by atoms with Crippen molar-refractivity contribution in [3.63, 3.8) is 0 Å². The lowest BCUT2D eigenvalue weighted by Gasteiger charge is -2.22. The van der Waals surface area contributed by atoms with E-state index in [1.54, 1.807) is 63.4 Å². The number of aromatic nitrogens is 1. The number of hydrogen-bond donors (Lipinski definition) is 1. The number of furan rings is 1. The van der Waals surface area contributed by atoms with Gasteiger partial charge in [-0.2, -0.15) is 0 Å². The Morgan fingerprint density at radius 2 is 1.65 bits per heavy atom. The van der Waals surface area contributed by atoms with E-state index in [0.717, 1.165) is 16.7 Å². The monoisotopic (exact) mass is 710 g/mol. The predicted octanol–water partition coefficient (Wildman–Crippen LogP) is 7.18. The molecule has 272 valence electrons. The largest absolute Gasteiger partial charge is 0.497 e. The van der Waals surface area contributed by atoms with Gasteiger partial charge in [0.15, 0.2) is 11.5 Å². The normalized spacial score (nSPS) is 13.6. The smallest absolute Gasteiger partial charge is 0.415 e. The highest BCUT2D eigenvalue weighted by Crippen LogP contribution is 2.48. The number of nitrogens with one attached hydrogen (secondary N) is 1. The van der Waals surface area contributed by atoms with Crippen LogP contribution in [0.15, 0.2) is 59.0 Å². The van der Waals surface area contributed by atoms with Crippen LogP contribution in [0.5, 0.6) is 11.5 Å². The minimum atomic E-state index is -0.705. The molecule has 5 aromatic rings. The van der Waals surface area contributed by atoms with E-state index in [0.29, 0.717) is 57.5 Å². The number of amides is 3. The molecule has 13 heteroatoms. The van der Waals surface area contributed by atoms with Crippen LogP contribution in [0.25, 0.3) is 21.9 Å². The van der Waals surface area contributed by atoms with Gasteiger partial charge in [0.2, 0.25) is 0 Å². The maximum absolute atomic E-state index is 14.1. The van der Waals surface area contributed by atoms with Crippen LogP contribution in [0.4, 0.5) is 15.3 Å². The molecule has 1 aliphatic heterocycles. The van der Waals surface area contributed by atoms with Crippen molar-refractivity contribution in [3.05, 3.63) is 88.3 Å². The third-order valence-electron chi connectivity index (χ3n) is 9.49. The van der Waals surface area contributed by atoms with Gasteiger partial charge in [0.05, 0.1) is 31.0 Å². The fraction of sp³-hybridized carbons (Fsp3) is 0.333. The molecule has 0 unspecified atom stereocenters. The summed E-state index contributed by atoms with van der Waals surface area (Å²) in [7, 11) is 6.01. The summed E-state index contributed by atoms with van der Waals surface area (Å²) in [6.45, 7) is 6.49. The lowest BCUT2D eigenvalue weighted by atomic mass is 9.93. The molecule has 13 nitrogen and oxygen atoms in total. The molecule has 1 N–H and O–H groups in total. The molecular weight excluding hydrogens is 668 g/mol. The van der Waals surface area contributed by atoms with E-state index in [1.807, 2.05) is 38.1 Å². The fourth-order valence-corrected chi connectivity index (χ4v) is 6.47. The number of nitrogens with zero attached hydrogens (tertiary/aromatic N) is 3. The second kappa shape index (κ2) is 14.7. The highest BCUT2D eigenvalue weighted by Gasteiger charge is 2.38. The topological polar surface area (TPSA) is 144 Å². The molecule has 52 heavy (non-hydrogen) atoms. The van der Waals surface area contributed by atoms with Gasteiger partial charge in [-0.15, -0.1) is 0 Å². The van der Waals surface area contributed by atoms with Gasteiger partial charge in [-0.1, -0.05) is 36.8 Å². The van der Waals surface area contributed by atoms with Crippen molar-refractivity contribution >= 4 is 51.6 Å². The molecule has 0 spiro atoms. The maximum Gasteiger partial charge on any atom is 0.415 e. The Morgan fingerprint density at radius 3 is 2.33 bits per heavy atom. The van der Waals surface area contributed by atoms with E-state index in [1.165, 1.54) is 16.9 Å². The number of H-pyrrole nitrogens is 1. The SMILES string of the molecule is CC[C@@H]1CN(C(=O)c2cc3cc(OC)ccc3o2)c2cc(OC(=O)N(C)CCN(C)C(=O)OCc3ccc(C)cc3)c3[nH]c(C)c(C(=O)OC)c3c21. The first kappa shape index (κ1) is 35.8. The van der Waals surface area contributed by atoms with Crippen LogP contribution in [0, 0.1) is 13.8 Å². The number of rotatable bonds is 10. The average molecular weight is 711 g/mol. The van der Waals surface area contributed by atoms with Crippen LogP contribution in [-0.4, -0.2) is 86.8 Å². The van der Waals surface area contributed by atoms with E-state index in [-0.39, 0.29) is 43.0 Å². The summed E-state index contributed by atoms with van der Waals surface area (Å²) in [4.78, 5) is 61.0. The van der Waals surface area contributed by atoms with E-state index < -0.39 is 18.2 Å². The lowest BCUT2D eigenvalue weighted by Crippen LogP contribution is -2.38. The number of benzene rings is 3. The van der Waals surface area contributed by atoms with E-state index >= 15 is 0 Å². The number of hydrogen-bond acceptors (Lipinski definition) is 9. The number of likely N-dealkylation sites (N-methyl/N-ethyl adjacent to an activating group) is 2. The molecule has 2 aromatic heterocycles. The number of ether oxygens (including phenoxy) is 4. The van der Waals surface area contributed by atoms with Crippen LogP contribution in [0.3, 0.4) is 0 Å². The Bertz CT molecular complexity index is 2170. The number of aryl methyl sites for hydroxylation is 2. The summed E-state index contributed by atoms with van der Waals surface area (Å²) in [6, 6.07) is 16.3. The van der Waals surface area contributed by atoms with Crippen LogP contribution in [0.2, 0.25) is 0 Å². The number of fused-ring (bicyclic) bond motifs is 4. The van der Waals surface area contributed by atoms with Crippen LogP contribution in [0.1, 0.15) is 62.6 Å². The van der Waals surface area contributed by atoms with Gasteiger partial charge in [0, 0.05) is 62.2 Å². The Kier molecular flexibility index (Phi) is 10.1. The van der Waals surface area contributed by atoms with Gasteiger partial charge in [-0.25, -0.2) is 14.4 Å². The van der Waals surface area contributed by atoms with Crippen molar-refractivity contribution in [2.75, 3.05) is 52.8 Å². The molecule has 1 atom stereocenters. The second-order valence-electron chi connectivity index (χ2n) is 13.0. The Morgan fingerprint density at radius 1 is 0.942 bits per heavy atom. The maximum atomic E-state index is 14.1. The molecule has 0 aliphatic carbocycles. The number of carbonyl (C=O) groups is 4. The molecule has 6 rings (SSSR count). The standard InChI is InChI=1S/C39H42N4O9/c1-8-25-20-43(36(44)31-18-26-17-27(48-6)13-14-29(26)51-31)28-19-30(35-34(33(25)28)32(23(3)40-35)37(45)49-7)52-39(47)42(5)16-15-41(4)38(46)50-21-24-11-9-22(2)10-12-24/h9-14,17-19,25,40H,8,15-16,20-21H2,1-7H3/t25-/m1/s1. The zero-order valence-electron chi connectivity index (χ0n) is 30.3. The van der Waals surface area contributed by atoms with Gasteiger partial charge >= 0.3 is 18.2 Å². The summed E-state index contributed by atoms with van der Waals surface area (Å²) < 4.78 is 27.9. The Hall–Kier alpha value is -5.98. The number of methoxy groups -OCH3 is 2. The molecule has 0 fully saturated rings. The lowest BCUT2D eigenvalue weighted by molar-refractivity contribution is 0.0602.